The topological polar surface area (TPSA) is 81.8 Å². The molecule has 1 saturated heterocycles. The molecule has 0 aromatic heterocycles. The summed E-state index contributed by atoms with van der Waals surface area (Å²) < 4.78 is 0. The smallest absolute Gasteiger partial charge is 0.251 e. The summed E-state index contributed by atoms with van der Waals surface area (Å²) in [5, 5.41) is 5.93. The predicted octanol–water partition coefficient (Wildman–Crippen LogP) is 3.15. The van der Waals surface area contributed by atoms with Crippen LogP contribution in [0.2, 0.25) is 0 Å². The lowest BCUT2D eigenvalue weighted by Crippen LogP contribution is -2.57. The first kappa shape index (κ1) is 25.4. The number of piperazine rings is 1. The van der Waals surface area contributed by atoms with Crippen molar-refractivity contribution in [3.8, 4) is 0 Å². The van der Waals surface area contributed by atoms with Crippen molar-refractivity contribution in [3.05, 3.63) is 64.7 Å². The van der Waals surface area contributed by atoms with Crippen molar-refractivity contribution in [2.75, 3.05) is 38.0 Å². The van der Waals surface area contributed by atoms with Crippen LogP contribution >= 0.6 is 0 Å². The zero-order valence-electron chi connectivity index (χ0n) is 20.9. The van der Waals surface area contributed by atoms with Crippen molar-refractivity contribution < 1.29 is 14.4 Å². The van der Waals surface area contributed by atoms with Crippen molar-refractivity contribution in [1.29, 1.82) is 0 Å². The Hall–Kier alpha value is -3.19. The second-order valence-corrected chi connectivity index (χ2v) is 9.46. The molecule has 34 heavy (non-hydrogen) atoms. The Balaban J connectivity index is 1.53. The second kappa shape index (κ2) is 11.3. The number of aryl methyl sites for hydroxylation is 2. The van der Waals surface area contributed by atoms with Gasteiger partial charge in [0.05, 0.1) is 6.54 Å². The standard InChI is InChI=1S/C27H36N4O3/c1-18(2)25(29-26(33)22-10-6-8-19(3)16-22)27(34)31-14-12-30(13-15-31)17-24(32)28-23-11-7-9-20(4)21(23)5/h6-11,16,18,25H,12-15,17H2,1-5H3,(H,28,32)(H,29,33)/t25-/m0/s1. The monoisotopic (exact) mass is 464 g/mol. The summed E-state index contributed by atoms with van der Waals surface area (Å²) in [6, 6.07) is 12.6. The Morgan fingerprint density at radius 3 is 2.26 bits per heavy atom. The van der Waals surface area contributed by atoms with E-state index < -0.39 is 6.04 Å². The van der Waals surface area contributed by atoms with Gasteiger partial charge in [0.2, 0.25) is 11.8 Å². The maximum Gasteiger partial charge on any atom is 0.251 e. The molecule has 2 N–H and O–H groups in total. The fourth-order valence-electron chi connectivity index (χ4n) is 4.13. The normalized spacial score (nSPS) is 15.2. The molecule has 1 aliphatic rings. The number of hydrogen-bond donors (Lipinski definition) is 2. The average Bonchev–Trinajstić information content (AvgIpc) is 2.80. The first-order valence-corrected chi connectivity index (χ1v) is 11.9. The molecule has 0 radical (unpaired) electrons. The zero-order chi connectivity index (χ0) is 24.8. The zero-order valence-corrected chi connectivity index (χ0v) is 20.9. The molecule has 0 spiro atoms. The van der Waals surface area contributed by atoms with E-state index in [2.05, 4.69) is 15.5 Å². The summed E-state index contributed by atoms with van der Waals surface area (Å²) in [6.07, 6.45) is 0. The van der Waals surface area contributed by atoms with Gasteiger partial charge in [-0.25, -0.2) is 0 Å². The fraction of sp³-hybridized carbons (Fsp3) is 0.444. The van der Waals surface area contributed by atoms with Gasteiger partial charge in [-0.3, -0.25) is 19.3 Å². The van der Waals surface area contributed by atoms with Crippen molar-refractivity contribution in [2.45, 2.75) is 40.7 Å². The van der Waals surface area contributed by atoms with Crippen LogP contribution in [0.3, 0.4) is 0 Å². The molecular weight excluding hydrogens is 428 g/mol. The lowest BCUT2D eigenvalue weighted by molar-refractivity contribution is -0.136. The maximum atomic E-state index is 13.2. The summed E-state index contributed by atoms with van der Waals surface area (Å²) in [5.41, 5.74) is 4.59. The van der Waals surface area contributed by atoms with E-state index >= 15 is 0 Å². The van der Waals surface area contributed by atoms with Crippen molar-refractivity contribution in [3.63, 3.8) is 0 Å². The fourth-order valence-corrected chi connectivity index (χ4v) is 4.13. The number of rotatable bonds is 7. The first-order valence-electron chi connectivity index (χ1n) is 11.9. The average molecular weight is 465 g/mol. The summed E-state index contributed by atoms with van der Waals surface area (Å²) >= 11 is 0. The van der Waals surface area contributed by atoms with Gasteiger partial charge in [-0.15, -0.1) is 0 Å². The first-order chi connectivity index (χ1) is 16.2. The van der Waals surface area contributed by atoms with Crippen LogP contribution in [0.25, 0.3) is 0 Å². The molecule has 7 nitrogen and oxygen atoms in total. The van der Waals surface area contributed by atoms with E-state index in [1.165, 1.54) is 0 Å². The Bertz CT molecular complexity index is 1040. The number of amides is 3. The number of benzene rings is 2. The Morgan fingerprint density at radius 1 is 0.941 bits per heavy atom. The molecule has 0 saturated carbocycles. The molecular formula is C27H36N4O3. The van der Waals surface area contributed by atoms with E-state index in [-0.39, 0.29) is 30.2 Å². The Morgan fingerprint density at radius 2 is 1.62 bits per heavy atom. The second-order valence-electron chi connectivity index (χ2n) is 9.46. The molecule has 0 bridgehead atoms. The van der Waals surface area contributed by atoms with E-state index in [9.17, 15) is 14.4 Å². The van der Waals surface area contributed by atoms with E-state index in [0.29, 0.717) is 31.7 Å². The third-order valence-corrected chi connectivity index (χ3v) is 6.43. The number of carbonyl (C=O) groups is 3. The molecule has 2 aromatic carbocycles. The third-order valence-electron chi connectivity index (χ3n) is 6.43. The highest BCUT2D eigenvalue weighted by atomic mass is 16.2. The highest BCUT2D eigenvalue weighted by Crippen LogP contribution is 2.18. The van der Waals surface area contributed by atoms with Gasteiger partial charge in [-0.1, -0.05) is 43.7 Å². The molecule has 0 unspecified atom stereocenters. The van der Waals surface area contributed by atoms with Gasteiger partial charge < -0.3 is 15.5 Å². The lowest BCUT2D eigenvalue weighted by Gasteiger charge is -2.37. The van der Waals surface area contributed by atoms with Gasteiger partial charge in [0.25, 0.3) is 5.91 Å². The van der Waals surface area contributed by atoms with Crippen LogP contribution in [0.5, 0.6) is 0 Å². The van der Waals surface area contributed by atoms with Crippen LogP contribution in [-0.2, 0) is 9.59 Å². The molecule has 0 aliphatic carbocycles. The summed E-state index contributed by atoms with van der Waals surface area (Å²) in [7, 11) is 0. The van der Waals surface area contributed by atoms with Crippen LogP contribution in [0.1, 0.15) is 40.9 Å². The third kappa shape index (κ3) is 6.44. The molecule has 1 atom stereocenters. The van der Waals surface area contributed by atoms with Gasteiger partial charge in [-0.2, -0.15) is 0 Å². The van der Waals surface area contributed by atoms with Crippen LogP contribution in [0, 0.1) is 26.7 Å². The van der Waals surface area contributed by atoms with Crippen molar-refractivity contribution in [2.24, 2.45) is 5.92 Å². The van der Waals surface area contributed by atoms with Gasteiger partial charge in [0, 0.05) is 37.4 Å². The number of anilines is 1. The number of carbonyl (C=O) groups excluding carboxylic acids is 3. The molecule has 1 fully saturated rings. The molecule has 3 rings (SSSR count). The number of nitrogens with zero attached hydrogens (tertiary/aromatic N) is 2. The molecule has 182 valence electrons. The molecule has 1 heterocycles. The minimum Gasteiger partial charge on any atom is -0.340 e. The lowest BCUT2D eigenvalue weighted by atomic mass is 10.0. The summed E-state index contributed by atoms with van der Waals surface area (Å²) in [5.74, 6) is -0.408. The van der Waals surface area contributed by atoms with E-state index in [0.717, 1.165) is 22.4 Å². The van der Waals surface area contributed by atoms with Crippen molar-refractivity contribution in [1.82, 2.24) is 15.1 Å². The number of hydrogen-bond acceptors (Lipinski definition) is 4. The Kier molecular flexibility index (Phi) is 8.45. The molecule has 2 aromatic rings. The van der Waals surface area contributed by atoms with Crippen LogP contribution in [0.4, 0.5) is 5.69 Å². The minimum absolute atomic E-state index is 0.0392. The summed E-state index contributed by atoms with van der Waals surface area (Å²) in [4.78, 5) is 42.4. The van der Waals surface area contributed by atoms with Crippen LogP contribution < -0.4 is 10.6 Å². The molecule has 1 aliphatic heterocycles. The van der Waals surface area contributed by atoms with E-state index in [1.54, 1.807) is 11.0 Å². The molecule has 7 heteroatoms. The number of nitrogens with one attached hydrogen (secondary N) is 2. The van der Waals surface area contributed by atoms with Crippen LogP contribution in [-0.4, -0.2) is 66.3 Å². The highest BCUT2D eigenvalue weighted by Gasteiger charge is 2.31. The largest absolute Gasteiger partial charge is 0.340 e. The predicted molar refractivity (Wildman–Crippen MR) is 135 cm³/mol. The van der Waals surface area contributed by atoms with Gasteiger partial charge in [0.1, 0.15) is 6.04 Å². The Labute approximate surface area is 202 Å². The van der Waals surface area contributed by atoms with Crippen molar-refractivity contribution >= 4 is 23.4 Å². The SMILES string of the molecule is Cc1cccc(C(=O)N[C@H](C(=O)N2CCN(CC(=O)Nc3cccc(C)c3C)CC2)C(C)C)c1. The maximum absolute atomic E-state index is 13.2. The minimum atomic E-state index is -0.591. The molecule has 3 amide bonds. The van der Waals surface area contributed by atoms with Gasteiger partial charge in [-0.05, 0) is 56.0 Å². The van der Waals surface area contributed by atoms with Gasteiger partial charge in [0.15, 0.2) is 0 Å². The quantitative estimate of drug-likeness (QED) is 0.660. The van der Waals surface area contributed by atoms with Gasteiger partial charge >= 0.3 is 0 Å². The summed E-state index contributed by atoms with van der Waals surface area (Å²) in [6.45, 7) is 12.4. The van der Waals surface area contributed by atoms with E-state index in [1.807, 2.05) is 71.0 Å². The van der Waals surface area contributed by atoms with Crippen LogP contribution in [0.15, 0.2) is 42.5 Å². The van der Waals surface area contributed by atoms with E-state index in [4.69, 9.17) is 0 Å². The highest BCUT2D eigenvalue weighted by molar-refractivity contribution is 5.97.